The molecule has 0 aromatic heterocycles. The number of hydrogen-bond acceptors (Lipinski definition) is 3. The summed E-state index contributed by atoms with van der Waals surface area (Å²) < 4.78 is 39.6. The SMILES string of the molecule is CN(Cc1ccccc1F)S(=O)(=O)c1ccc(N)cc1Cl. The lowest BCUT2D eigenvalue weighted by Crippen LogP contribution is -2.27. The molecule has 2 aromatic rings. The monoisotopic (exact) mass is 328 g/mol. The average molecular weight is 329 g/mol. The molecule has 0 radical (unpaired) electrons. The van der Waals surface area contributed by atoms with E-state index in [0.29, 0.717) is 5.69 Å². The van der Waals surface area contributed by atoms with Crippen molar-refractivity contribution in [3.05, 3.63) is 58.9 Å². The molecule has 112 valence electrons. The van der Waals surface area contributed by atoms with Crippen LogP contribution in [0.15, 0.2) is 47.4 Å². The van der Waals surface area contributed by atoms with Crippen LogP contribution < -0.4 is 5.73 Å². The Morgan fingerprint density at radius 3 is 2.52 bits per heavy atom. The molecule has 2 N–H and O–H groups in total. The van der Waals surface area contributed by atoms with Gasteiger partial charge in [-0.3, -0.25) is 0 Å². The molecular weight excluding hydrogens is 315 g/mol. The van der Waals surface area contributed by atoms with Crippen molar-refractivity contribution in [3.63, 3.8) is 0 Å². The highest BCUT2D eigenvalue weighted by Gasteiger charge is 2.24. The van der Waals surface area contributed by atoms with Gasteiger partial charge in [-0.15, -0.1) is 0 Å². The summed E-state index contributed by atoms with van der Waals surface area (Å²) in [6.07, 6.45) is 0. The number of benzene rings is 2. The van der Waals surface area contributed by atoms with Crippen molar-refractivity contribution in [2.75, 3.05) is 12.8 Å². The van der Waals surface area contributed by atoms with E-state index in [0.717, 1.165) is 4.31 Å². The number of nitrogens with zero attached hydrogens (tertiary/aromatic N) is 1. The quantitative estimate of drug-likeness (QED) is 0.878. The Labute approximate surface area is 128 Å². The smallest absolute Gasteiger partial charge is 0.244 e. The van der Waals surface area contributed by atoms with Crippen LogP contribution in [0.2, 0.25) is 5.02 Å². The number of anilines is 1. The predicted molar refractivity (Wildman–Crippen MR) is 80.9 cm³/mol. The van der Waals surface area contributed by atoms with Gasteiger partial charge in [0.05, 0.1) is 5.02 Å². The molecule has 0 amide bonds. The maximum absolute atomic E-state index is 13.6. The number of rotatable bonds is 4. The molecule has 2 rings (SSSR count). The molecule has 0 heterocycles. The Bertz CT molecular complexity index is 765. The average Bonchev–Trinajstić information content (AvgIpc) is 2.40. The fourth-order valence-corrected chi connectivity index (χ4v) is 3.52. The van der Waals surface area contributed by atoms with Crippen molar-refractivity contribution < 1.29 is 12.8 Å². The maximum atomic E-state index is 13.6. The van der Waals surface area contributed by atoms with Crippen LogP contribution in [0.25, 0.3) is 0 Å². The summed E-state index contributed by atoms with van der Waals surface area (Å²) in [4.78, 5) is -0.0581. The molecular formula is C14H14ClFN2O2S. The van der Waals surface area contributed by atoms with Gasteiger partial charge in [-0.05, 0) is 24.3 Å². The number of nitrogens with two attached hydrogens (primary N) is 1. The number of hydrogen-bond donors (Lipinski definition) is 1. The molecule has 0 unspecified atom stereocenters. The minimum Gasteiger partial charge on any atom is -0.399 e. The molecule has 0 fully saturated rings. The lowest BCUT2D eigenvalue weighted by Gasteiger charge is -2.18. The van der Waals surface area contributed by atoms with Gasteiger partial charge >= 0.3 is 0 Å². The second-order valence-electron chi connectivity index (χ2n) is 4.54. The third-order valence-electron chi connectivity index (χ3n) is 3.00. The summed E-state index contributed by atoms with van der Waals surface area (Å²) in [6.45, 7) is -0.0876. The second-order valence-corrected chi connectivity index (χ2v) is 6.96. The van der Waals surface area contributed by atoms with Gasteiger partial charge in [-0.1, -0.05) is 29.8 Å². The van der Waals surface area contributed by atoms with Crippen molar-refractivity contribution in [2.45, 2.75) is 11.4 Å². The minimum absolute atomic E-state index is 0.0374. The first kappa shape index (κ1) is 15.8. The largest absolute Gasteiger partial charge is 0.399 e. The Balaban J connectivity index is 2.33. The standard InChI is InChI=1S/C14H14ClFN2O2S/c1-18(9-10-4-2-3-5-13(10)16)21(19,20)14-7-6-11(17)8-12(14)15/h2-8H,9,17H2,1H3. The lowest BCUT2D eigenvalue weighted by atomic mass is 10.2. The Kier molecular flexibility index (Phi) is 4.51. The summed E-state index contributed by atoms with van der Waals surface area (Å²) >= 11 is 5.93. The van der Waals surface area contributed by atoms with Crippen LogP contribution in [-0.2, 0) is 16.6 Å². The normalized spacial score (nSPS) is 11.8. The molecule has 0 bridgehead atoms. The summed E-state index contributed by atoms with van der Waals surface area (Å²) in [6, 6.07) is 10.2. The molecule has 2 aromatic carbocycles. The molecule has 0 aliphatic carbocycles. The van der Waals surface area contributed by atoms with Crippen LogP contribution in [0, 0.1) is 5.82 Å². The summed E-state index contributed by atoms with van der Waals surface area (Å²) in [5, 5.41) is 0.0374. The molecule has 7 heteroatoms. The first-order valence-corrected chi connectivity index (χ1v) is 7.89. The van der Waals surface area contributed by atoms with Gasteiger partial charge in [-0.2, -0.15) is 4.31 Å². The van der Waals surface area contributed by atoms with Crippen molar-refractivity contribution in [1.82, 2.24) is 4.31 Å². The van der Waals surface area contributed by atoms with E-state index in [1.807, 2.05) is 0 Å². The maximum Gasteiger partial charge on any atom is 0.244 e. The molecule has 0 aliphatic heterocycles. The van der Waals surface area contributed by atoms with Crippen molar-refractivity contribution >= 4 is 27.3 Å². The van der Waals surface area contributed by atoms with Crippen molar-refractivity contribution in [2.24, 2.45) is 0 Å². The highest BCUT2D eigenvalue weighted by molar-refractivity contribution is 7.89. The van der Waals surface area contributed by atoms with Gasteiger partial charge < -0.3 is 5.73 Å². The van der Waals surface area contributed by atoms with Crippen LogP contribution in [-0.4, -0.2) is 19.8 Å². The molecule has 0 saturated carbocycles. The molecule has 0 aliphatic rings. The van der Waals surface area contributed by atoms with E-state index < -0.39 is 15.8 Å². The summed E-state index contributed by atoms with van der Waals surface area (Å²) in [7, 11) is -2.45. The number of nitrogen functional groups attached to an aromatic ring is 1. The van der Waals surface area contributed by atoms with Crippen LogP contribution in [0.5, 0.6) is 0 Å². The molecule has 21 heavy (non-hydrogen) atoms. The highest BCUT2D eigenvalue weighted by Crippen LogP contribution is 2.27. The topological polar surface area (TPSA) is 63.4 Å². The van der Waals surface area contributed by atoms with Gasteiger partial charge in [0.1, 0.15) is 10.7 Å². The predicted octanol–water partition coefficient (Wildman–Crippen LogP) is 2.88. The second kappa shape index (κ2) is 6.01. The van der Waals surface area contributed by atoms with Crippen LogP contribution in [0.1, 0.15) is 5.56 Å². The van der Waals surface area contributed by atoms with E-state index >= 15 is 0 Å². The number of sulfonamides is 1. The third kappa shape index (κ3) is 3.34. The summed E-state index contributed by atoms with van der Waals surface area (Å²) in [5.41, 5.74) is 6.21. The fourth-order valence-electron chi connectivity index (χ4n) is 1.85. The zero-order chi connectivity index (χ0) is 15.6. The first-order chi connectivity index (χ1) is 9.82. The van der Waals surface area contributed by atoms with Crippen LogP contribution in [0.4, 0.5) is 10.1 Å². The van der Waals surface area contributed by atoms with Gasteiger partial charge in [0.2, 0.25) is 10.0 Å². The zero-order valence-electron chi connectivity index (χ0n) is 11.3. The first-order valence-electron chi connectivity index (χ1n) is 6.07. The molecule has 0 atom stereocenters. The van der Waals surface area contributed by atoms with E-state index in [1.54, 1.807) is 12.1 Å². The van der Waals surface area contributed by atoms with Crippen LogP contribution >= 0.6 is 11.6 Å². The molecule has 4 nitrogen and oxygen atoms in total. The van der Waals surface area contributed by atoms with Gasteiger partial charge in [-0.25, -0.2) is 12.8 Å². The van der Waals surface area contributed by atoms with Gasteiger partial charge in [0.25, 0.3) is 0 Å². The van der Waals surface area contributed by atoms with Crippen molar-refractivity contribution in [1.29, 1.82) is 0 Å². The number of halogens is 2. The fraction of sp³-hybridized carbons (Fsp3) is 0.143. The van der Waals surface area contributed by atoms with Gasteiger partial charge in [0.15, 0.2) is 0 Å². The van der Waals surface area contributed by atoms with Crippen molar-refractivity contribution in [3.8, 4) is 0 Å². The lowest BCUT2D eigenvalue weighted by molar-refractivity contribution is 0.456. The van der Waals surface area contributed by atoms with E-state index in [1.165, 1.54) is 37.4 Å². The van der Waals surface area contributed by atoms with E-state index in [2.05, 4.69) is 0 Å². The zero-order valence-corrected chi connectivity index (χ0v) is 12.8. The Morgan fingerprint density at radius 2 is 1.90 bits per heavy atom. The third-order valence-corrected chi connectivity index (χ3v) is 5.28. The highest BCUT2D eigenvalue weighted by atomic mass is 35.5. The molecule has 0 spiro atoms. The van der Waals surface area contributed by atoms with Gasteiger partial charge in [0, 0.05) is 24.8 Å². The Morgan fingerprint density at radius 1 is 1.24 bits per heavy atom. The van der Waals surface area contributed by atoms with E-state index in [4.69, 9.17) is 17.3 Å². The van der Waals surface area contributed by atoms with Crippen LogP contribution in [0.3, 0.4) is 0 Å². The van der Waals surface area contributed by atoms with E-state index in [9.17, 15) is 12.8 Å². The summed E-state index contributed by atoms with van der Waals surface area (Å²) in [5.74, 6) is -0.456. The molecule has 0 saturated heterocycles. The minimum atomic E-state index is -3.82. The van der Waals surface area contributed by atoms with E-state index in [-0.39, 0.29) is 22.0 Å². The Hall–Kier alpha value is -1.63.